The molecule has 0 unspecified atom stereocenters. The SMILES string of the molecule is CCSc1nc(N)c2[nH]c(=O)n(Cc3ccc(F)cc3)c2n1. The molecule has 0 radical (unpaired) electrons. The largest absolute Gasteiger partial charge is 0.382 e. The Hall–Kier alpha value is -2.35. The molecule has 0 aliphatic rings. The molecule has 0 saturated carbocycles. The van der Waals surface area contributed by atoms with E-state index in [4.69, 9.17) is 5.73 Å². The van der Waals surface area contributed by atoms with Gasteiger partial charge in [-0.25, -0.2) is 19.2 Å². The first-order valence-electron chi connectivity index (χ1n) is 6.71. The number of H-pyrrole nitrogens is 1. The minimum Gasteiger partial charge on any atom is -0.382 e. The van der Waals surface area contributed by atoms with Crippen LogP contribution in [-0.2, 0) is 6.54 Å². The Labute approximate surface area is 129 Å². The van der Waals surface area contributed by atoms with Gasteiger partial charge < -0.3 is 10.7 Å². The fourth-order valence-corrected chi connectivity index (χ4v) is 2.72. The summed E-state index contributed by atoms with van der Waals surface area (Å²) in [6.45, 7) is 2.27. The first-order chi connectivity index (χ1) is 10.6. The second-order valence-electron chi connectivity index (χ2n) is 4.67. The molecular weight excluding hydrogens is 305 g/mol. The molecule has 3 aromatic rings. The molecule has 0 bridgehead atoms. The molecule has 3 rings (SSSR count). The van der Waals surface area contributed by atoms with Crippen LogP contribution in [0.15, 0.2) is 34.2 Å². The van der Waals surface area contributed by atoms with E-state index < -0.39 is 0 Å². The summed E-state index contributed by atoms with van der Waals surface area (Å²) in [6, 6.07) is 5.98. The van der Waals surface area contributed by atoms with Crippen molar-refractivity contribution in [3.63, 3.8) is 0 Å². The number of halogens is 1. The Balaban J connectivity index is 2.09. The average Bonchev–Trinajstić information content (AvgIpc) is 2.79. The van der Waals surface area contributed by atoms with Crippen LogP contribution in [0.1, 0.15) is 12.5 Å². The number of aromatic amines is 1. The van der Waals surface area contributed by atoms with E-state index in [1.165, 1.54) is 28.5 Å². The number of imidazole rings is 1. The van der Waals surface area contributed by atoms with Gasteiger partial charge in [-0.1, -0.05) is 30.8 Å². The van der Waals surface area contributed by atoms with E-state index in [0.717, 1.165) is 11.3 Å². The van der Waals surface area contributed by atoms with Crippen LogP contribution in [0.5, 0.6) is 0 Å². The zero-order valence-corrected chi connectivity index (χ0v) is 12.7. The smallest absolute Gasteiger partial charge is 0.328 e. The van der Waals surface area contributed by atoms with Crippen molar-refractivity contribution in [2.24, 2.45) is 0 Å². The van der Waals surface area contributed by atoms with Crippen molar-refractivity contribution in [1.29, 1.82) is 0 Å². The van der Waals surface area contributed by atoms with Crippen molar-refractivity contribution in [3.8, 4) is 0 Å². The summed E-state index contributed by atoms with van der Waals surface area (Å²) in [4.78, 5) is 23.4. The van der Waals surface area contributed by atoms with Crippen molar-refractivity contribution in [2.45, 2.75) is 18.6 Å². The van der Waals surface area contributed by atoms with E-state index in [2.05, 4.69) is 15.0 Å². The van der Waals surface area contributed by atoms with Gasteiger partial charge in [0.25, 0.3) is 0 Å². The Bertz CT molecular complexity index is 871. The van der Waals surface area contributed by atoms with E-state index in [1.807, 2.05) is 6.92 Å². The number of hydrogen-bond acceptors (Lipinski definition) is 5. The topological polar surface area (TPSA) is 89.6 Å². The molecular formula is C14H14FN5OS. The summed E-state index contributed by atoms with van der Waals surface area (Å²) in [6.07, 6.45) is 0. The molecule has 0 atom stereocenters. The predicted octanol–water partition coefficient (Wildman–Crippen LogP) is 2.00. The van der Waals surface area contributed by atoms with Crippen molar-refractivity contribution >= 4 is 28.7 Å². The summed E-state index contributed by atoms with van der Waals surface area (Å²) < 4.78 is 14.4. The third kappa shape index (κ3) is 2.69. The number of hydrogen-bond donors (Lipinski definition) is 2. The molecule has 0 amide bonds. The number of nitrogens with two attached hydrogens (primary N) is 1. The molecule has 0 spiro atoms. The summed E-state index contributed by atoms with van der Waals surface area (Å²) in [7, 11) is 0. The lowest BCUT2D eigenvalue weighted by atomic mass is 10.2. The number of benzene rings is 1. The van der Waals surface area contributed by atoms with E-state index in [-0.39, 0.29) is 23.9 Å². The van der Waals surface area contributed by atoms with Crippen LogP contribution in [0.2, 0.25) is 0 Å². The van der Waals surface area contributed by atoms with Crippen LogP contribution in [0.3, 0.4) is 0 Å². The summed E-state index contributed by atoms with van der Waals surface area (Å²) in [5.41, 5.74) is 7.24. The molecule has 2 aromatic heterocycles. The van der Waals surface area contributed by atoms with Gasteiger partial charge in [0, 0.05) is 0 Å². The monoisotopic (exact) mass is 319 g/mol. The highest BCUT2D eigenvalue weighted by Crippen LogP contribution is 2.20. The normalized spacial score (nSPS) is 11.2. The van der Waals surface area contributed by atoms with Crippen LogP contribution in [-0.4, -0.2) is 25.3 Å². The van der Waals surface area contributed by atoms with Gasteiger partial charge in [0.2, 0.25) is 0 Å². The van der Waals surface area contributed by atoms with Crippen LogP contribution in [0.4, 0.5) is 10.2 Å². The molecule has 0 aliphatic carbocycles. The minimum atomic E-state index is -0.320. The van der Waals surface area contributed by atoms with E-state index in [9.17, 15) is 9.18 Å². The van der Waals surface area contributed by atoms with Gasteiger partial charge in [0.15, 0.2) is 16.6 Å². The number of anilines is 1. The predicted molar refractivity (Wildman–Crippen MR) is 84.5 cm³/mol. The zero-order chi connectivity index (χ0) is 15.7. The fraction of sp³-hybridized carbons (Fsp3) is 0.214. The molecule has 0 fully saturated rings. The third-order valence-electron chi connectivity index (χ3n) is 3.16. The first kappa shape index (κ1) is 14.6. The maximum Gasteiger partial charge on any atom is 0.328 e. The Morgan fingerprint density at radius 2 is 2.05 bits per heavy atom. The standard InChI is InChI=1S/C14H14FN5OS/c1-2-22-13-18-11(16)10-12(19-13)20(14(21)17-10)7-8-3-5-9(15)6-4-8/h3-6H,2,7H2,1H3,(H,17,21)(H2,16,18,19). The maximum absolute atomic E-state index is 13.0. The molecule has 8 heteroatoms. The van der Waals surface area contributed by atoms with Gasteiger partial charge in [0.05, 0.1) is 6.54 Å². The van der Waals surface area contributed by atoms with E-state index in [1.54, 1.807) is 12.1 Å². The highest BCUT2D eigenvalue weighted by Gasteiger charge is 2.14. The van der Waals surface area contributed by atoms with Crippen molar-refractivity contribution in [3.05, 3.63) is 46.1 Å². The van der Waals surface area contributed by atoms with Crippen molar-refractivity contribution in [1.82, 2.24) is 19.5 Å². The molecule has 0 saturated heterocycles. The number of nitrogen functional groups attached to an aromatic ring is 1. The summed E-state index contributed by atoms with van der Waals surface area (Å²) in [5.74, 6) is 0.733. The Morgan fingerprint density at radius 1 is 1.32 bits per heavy atom. The zero-order valence-electron chi connectivity index (χ0n) is 11.8. The van der Waals surface area contributed by atoms with Gasteiger partial charge in [-0.3, -0.25) is 4.57 Å². The van der Waals surface area contributed by atoms with Crippen molar-refractivity contribution in [2.75, 3.05) is 11.5 Å². The molecule has 3 N–H and O–H groups in total. The van der Waals surface area contributed by atoms with E-state index >= 15 is 0 Å². The quantitative estimate of drug-likeness (QED) is 0.567. The number of aromatic nitrogens is 4. The number of nitrogens with one attached hydrogen (secondary N) is 1. The van der Waals surface area contributed by atoms with Crippen molar-refractivity contribution < 1.29 is 4.39 Å². The molecule has 6 nitrogen and oxygen atoms in total. The molecule has 0 aliphatic heterocycles. The van der Waals surface area contributed by atoms with Crippen LogP contribution in [0.25, 0.3) is 11.2 Å². The molecule has 22 heavy (non-hydrogen) atoms. The van der Waals surface area contributed by atoms with Gasteiger partial charge in [-0.2, -0.15) is 0 Å². The number of thioether (sulfide) groups is 1. The maximum atomic E-state index is 13.0. The number of nitrogens with zero attached hydrogens (tertiary/aromatic N) is 3. The average molecular weight is 319 g/mol. The first-order valence-corrected chi connectivity index (χ1v) is 7.70. The fourth-order valence-electron chi connectivity index (χ4n) is 2.14. The lowest BCUT2D eigenvalue weighted by Gasteiger charge is -2.05. The molecule has 2 heterocycles. The second kappa shape index (κ2) is 5.80. The number of fused-ring (bicyclic) bond motifs is 1. The van der Waals surface area contributed by atoms with Gasteiger partial charge in [-0.15, -0.1) is 0 Å². The second-order valence-corrected chi connectivity index (χ2v) is 5.90. The molecule has 114 valence electrons. The third-order valence-corrected chi connectivity index (χ3v) is 3.89. The highest BCUT2D eigenvalue weighted by molar-refractivity contribution is 7.99. The lowest BCUT2D eigenvalue weighted by Crippen LogP contribution is -2.17. The summed E-state index contributed by atoms with van der Waals surface area (Å²) >= 11 is 1.45. The lowest BCUT2D eigenvalue weighted by molar-refractivity contribution is 0.626. The highest BCUT2D eigenvalue weighted by atomic mass is 32.2. The number of rotatable bonds is 4. The van der Waals surface area contributed by atoms with Crippen LogP contribution >= 0.6 is 11.8 Å². The van der Waals surface area contributed by atoms with Crippen LogP contribution < -0.4 is 11.4 Å². The Kier molecular flexibility index (Phi) is 3.84. The molecule has 1 aromatic carbocycles. The Morgan fingerprint density at radius 3 is 2.73 bits per heavy atom. The van der Waals surface area contributed by atoms with Crippen LogP contribution in [0, 0.1) is 5.82 Å². The summed E-state index contributed by atoms with van der Waals surface area (Å²) in [5, 5.41) is 0.527. The van der Waals surface area contributed by atoms with Gasteiger partial charge in [0.1, 0.15) is 11.3 Å². The van der Waals surface area contributed by atoms with Gasteiger partial charge >= 0.3 is 5.69 Å². The minimum absolute atomic E-state index is 0.246. The van der Waals surface area contributed by atoms with Gasteiger partial charge in [-0.05, 0) is 23.4 Å². The van der Waals surface area contributed by atoms with E-state index in [0.29, 0.717) is 16.3 Å².